The van der Waals surface area contributed by atoms with Crippen molar-refractivity contribution in [1.29, 1.82) is 0 Å². The number of aliphatic hydroxyl groups excluding tert-OH is 2. The summed E-state index contributed by atoms with van der Waals surface area (Å²) in [4.78, 5) is 24.6. The number of allylic oxidation sites excluding steroid dienone is 4. The Balaban J connectivity index is 3.42. The van der Waals surface area contributed by atoms with E-state index < -0.39 is 12.1 Å². The number of esters is 1. The maximum Gasteiger partial charge on any atom is 0.305 e. The van der Waals surface area contributed by atoms with Crippen LogP contribution in [0.2, 0.25) is 0 Å². The van der Waals surface area contributed by atoms with Crippen molar-refractivity contribution in [2.45, 2.75) is 405 Å². The van der Waals surface area contributed by atoms with Gasteiger partial charge in [0.2, 0.25) is 5.91 Å². The van der Waals surface area contributed by atoms with Crippen LogP contribution in [0.5, 0.6) is 0 Å². The number of unbranched alkanes of at least 4 members (excludes halogenated alkanes) is 51. The van der Waals surface area contributed by atoms with E-state index in [9.17, 15) is 19.8 Å². The summed E-state index contributed by atoms with van der Waals surface area (Å²) >= 11 is 0. The quantitative estimate of drug-likeness (QED) is 0.0320. The average molecular weight is 1080 g/mol. The van der Waals surface area contributed by atoms with Gasteiger partial charge in [0.05, 0.1) is 25.4 Å². The molecular formula is C71H137NO5. The zero-order chi connectivity index (χ0) is 55.7. The van der Waals surface area contributed by atoms with E-state index in [1.165, 1.54) is 315 Å². The molecule has 0 aliphatic carbocycles. The highest BCUT2D eigenvalue weighted by atomic mass is 16.5. The molecule has 0 fully saturated rings. The Morgan fingerprint density at radius 2 is 0.610 bits per heavy atom. The fourth-order valence-electron chi connectivity index (χ4n) is 11.1. The van der Waals surface area contributed by atoms with E-state index in [-0.39, 0.29) is 18.5 Å². The number of aliphatic hydroxyl groups is 2. The fourth-order valence-corrected chi connectivity index (χ4v) is 11.1. The number of ether oxygens (including phenoxy) is 1. The molecule has 456 valence electrons. The summed E-state index contributed by atoms with van der Waals surface area (Å²) in [6, 6.07) is -0.549. The highest BCUT2D eigenvalue weighted by molar-refractivity contribution is 5.76. The fraction of sp³-hybridized carbons (Fsp3) is 0.915. The smallest absolute Gasteiger partial charge is 0.305 e. The van der Waals surface area contributed by atoms with Crippen LogP contribution in [0.1, 0.15) is 393 Å². The van der Waals surface area contributed by atoms with E-state index in [4.69, 9.17) is 4.74 Å². The molecule has 0 saturated heterocycles. The zero-order valence-electron chi connectivity index (χ0n) is 52.2. The third kappa shape index (κ3) is 63.4. The molecule has 0 aromatic rings. The molecule has 0 radical (unpaired) electrons. The number of hydrogen-bond donors (Lipinski definition) is 3. The highest BCUT2D eigenvalue weighted by Crippen LogP contribution is 2.19. The normalized spacial score (nSPS) is 12.6. The lowest BCUT2D eigenvalue weighted by Gasteiger charge is -2.22. The van der Waals surface area contributed by atoms with Crippen LogP contribution in [0.15, 0.2) is 24.3 Å². The number of carbonyl (C=O) groups excluding carboxylic acids is 2. The van der Waals surface area contributed by atoms with Crippen molar-refractivity contribution in [2.75, 3.05) is 13.2 Å². The molecule has 0 aromatic carbocycles. The van der Waals surface area contributed by atoms with Crippen LogP contribution in [0.25, 0.3) is 0 Å². The van der Waals surface area contributed by atoms with Gasteiger partial charge in [-0.05, 0) is 77.0 Å². The third-order valence-corrected chi connectivity index (χ3v) is 16.5. The SMILES string of the molecule is CCCCCCCCC/C=C\CCCCCCCC(=O)OCCCCCCCCCCCC/C=C\CCCCCCCCCC(=O)NC(CO)C(O)CCCCCCCCCCCCCCCCCCCCCCCCC. The van der Waals surface area contributed by atoms with Gasteiger partial charge < -0.3 is 20.3 Å². The lowest BCUT2D eigenvalue weighted by molar-refractivity contribution is -0.143. The number of amides is 1. The van der Waals surface area contributed by atoms with E-state index >= 15 is 0 Å². The molecule has 1 amide bonds. The minimum Gasteiger partial charge on any atom is -0.466 e. The minimum absolute atomic E-state index is 0.00185. The molecule has 0 aromatic heterocycles. The van der Waals surface area contributed by atoms with E-state index in [0.717, 1.165) is 44.9 Å². The van der Waals surface area contributed by atoms with E-state index in [1.807, 2.05) is 0 Å². The molecule has 2 unspecified atom stereocenters. The van der Waals surface area contributed by atoms with Crippen molar-refractivity contribution in [3.05, 3.63) is 24.3 Å². The van der Waals surface area contributed by atoms with Gasteiger partial charge in [-0.25, -0.2) is 0 Å². The minimum atomic E-state index is -0.671. The zero-order valence-corrected chi connectivity index (χ0v) is 52.2. The second-order valence-corrected chi connectivity index (χ2v) is 24.2. The molecule has 0 saturated carbocycles. The van der Waals surface area contributed by atoms with Crippen molar-refractivity contribution < 1.29 is 24.5 Å². The first-order valence-corrected chi connectivity index (χ1v) is 35.1. The average Bonchev–Trinajstić information content (AvgIpc) is 3.43. The summed E-state index contributed by atoms with van der Waals surface area (Å²) in [6.07, 6.45) is 83.6. The molecule has 6 nitrogen and oxygen atoms in total. The maximum absolute atomic E-state index is 12.5. The van der Waals surface area contributed by atoms with Crippen LogP contribution in [0.3, 0.4) is 0 Å². The van der Waals surface area contributed by atoms with Gasteiger partial charge in [-0.15, -0.1) is 0 Å². The van der Waals surface area contributed by atoms with Crippen LogP contribution >= 0.6 is 0 Å². The van der Waals surface area contributed by atoms with Crippen molar-refractivity contribution in [1.82, 2.24) is 5.32 Å². The Morgan fingerprint density at radius 1 is 0.351 bits per heavy atom. The Labute approximate surface area is 481 Å². The van der Waals surface area contributed by atoms with E-state index in [1.54, 1.807) is 0 Å². The van der Waals surface area contributed by atoms with Gasteiger partial charge in [0.1, 0.15) is 0 Å². The summed E-state index contributed by atoms with van der Waals surface area (Å²) in [7, 11) is 0. The molecule has 0 rings (SSSR count). The summed E-state index contributed by atoms with van der Waals surface area (Å²) in [5, 5.41) is 23.4. The maximum atomic E-state index is 12.5. The van der Waals surface area contributed by atoms with E-state index in [0.29, 0.717) is 25.9 Å². The third-order valence-electron chi connectivity index (χ3n) is 16.5. The summed E-state index contributed by atoms with van der Waals surface area (Å²) in [5.74, 6) is -0.0366. The Hall–Kier alpha value is -1.66. The molecule has 0 aliphatic rings. The Kier molecular flexibility index (Phi) is 65.4. The van der Waals surface area contributed by atoms with Crippen LogP contribution in [0, 0.1) is 0 Å². The van der Waals surface area contributed by atoms with Gasteiger partial charge in [-0.2, -0.15) is 0 Å². The summed E-state index contributed by atoms with van der Waals surface area (Å²) in [5.41, 5.74) is 0. The largest absolute Gasteiger partial charge is 0.466 e. The first kappa shape index (κ1) is 75.3. The van der Waals surface area contributed by atoms with Crippen LogP contribution in [-0.4, -0.2) is 47.4 Å². The molecule has 0 bridgehead atoms. The van der Waals surface area contributed by atoms with Gasteiger partial charge in [-0.1, -0.05) is 327 Å². The molecule has 3 N–H and O–H groups in total. The van der Waals surface area contributed by atoms with Gasteiger partial charge in [0.15, 0.2) is 0 Å². The monoisotopic (exact) mass is 1080 g/mol. The Morgan fingerprint density at radius 3 is 0.922 bits per heavy atom. The van der Waals surface area contributed by atoms with Crippen LogP contribution in [0.4, 0.5) is 0 Å². The second-order valence-electron chi connectivity index (χ2n) is 24.2. The predicted molar refractivity (Wildman–Crippen MR) is 338 cm³/mol. The number of rotatable bonds is 66. The lowest BCUT2D eigenvalue weighted by atomic mass is 10.0. The summed E-state index contributed by atoms with van der Waals surface area (Å²) < 4.78 is 5.49. The van der Waals surface area contributed by atoms with Gasteiger partial charge >= 0.3 is 5.97 Å². The lowest BCUT2D eigenvalue weighted by Crippen LogP contribution is -2.45. The van der Waals surface area contributed by atoms with Crippen molar-refractivity contribution in [3.8, 4) is 0 Å². The van der Waals surface area contributed by atoms with Crippen LogP contribution in [-0.2, 0) is 14.3 Å². The number of carbonyl (C=O) groups is 2. The molecule has 0 aliphatic heterocycles. The molecule has 77 heavy (non-hydrogen) atoms. The van der Waals surface area contributed by atoms with Crippen molar-refractivity contribution in [2.24, 2.45) is 0 Å². The predicted octanol–water partition coefficient (Wildman–Crippen LogP) is 22.5. The molecule has 2 atom stereocenters. The number of nitrogens with one attached hydrogen (secondary N) is 1. The molecule has 0 spiro atoms. The molecular weight excluding hydrogens is 947 g/mol. The van der Waals surface area contributed by atoms with Gasteiger partial charge in [0.25, 0.3) is 0 Å². The molecule has 0 heterocycles. The number of hydrogen-bond acceptors (Lipinski definition) is 5. The first-order valence-electron chi connectivity index (χ1n) is 35.1. The van der Waals surface area contributed by atoms with E-state index in [2.05, 4.69) is 43.5 Å². The standard InChI is InChI=1S/C71H137NO5/c1-3-5-7-9-11-13-15-17-19-21-22-23-24-26-29-32-35-39-43-47-51-55-59-63-69(74)68(67-73)72-70(75)64-60-56-52-48-44-40-36-33-30-27-25-28-31-34-38-42-46-50-54-58-62-66-77-71(76)65-61-57-53-49-45-41-37-20-18-16-14-12-10-8-6-4-2/h20,27,30,37,68-69,73-74H,3-19,21-26,28-29,31-36,38-67H2,1-2H3,(H,72,75)/b30-27-,37-20-. The van der Waals surface area contributed by atoms with Gasteiger partial charge in [0, 0.05) is 12.8 Å². The first-order chi connectivity index (χ1) is 38.0. The topological polar surface area (TPSA) is 95.9 Å². The van der Waals surface area contributed by atoms with Crippen molar-refractivity contribution >= 4 is 11.9 Å². The Bertz CT molecular complexity index is 1200. The molecule has 6 heteroatoms. The van der Waals surface area contributed by atoms with Crippen LogP contribution < -0.4 is 5.32 Å². The summed E-state index contributed by atoms with van der Waals surface area (Å²) in [6.45, 7) is 4.98. The highest BCUT2D eigenvalue weighted by Gasteiger charge is 2.20. The van der Waals surface area contributed by atoms with Crippen molar-refractivity contribution in [3.63, 3.8) is 0 Å². The van der Waals surface area contributed by atoms with Gasteiger partial charge in [-0.3, -0.25) is 9.59 Å². The second kappa shape index (κ2) is 66.8.